The van der Waals surface area contributed by atoms with Crippen molar-refractivity contribution >= 4 is 21.8 Å². The number of benzene rings is 2. The number of nitrogens with one attached hydrogen (secondary N) is 1. The zero-order valence-corrected chi connectivity index (χ0v) is 13.7. The molecule has 2 rings (SSSR count). The van der Waals surface area contributed by atoms with Crippen LogP contribution in [-0.2, 0) is 6.42 Å². The van der Waals surface area contributed by atoms with Gasteiger partial charge in [-0.15, -0.1) is 0 Å². The lowest BCUT2D eigenvalue weighted by atomic mass is 10.1. The SMILES string of the molecule is COc1ccccc1CCNC(=O)c1ccc(Br)c(C)c1. The van der Waals surface area contributed by atoms with E-state index in [2.05, 4.69) is 21.2 Å². The van der Waals surface area contributed by atoms with Crippen molar-refractivity contribution in [3.63, 3.8) is 0 Å². The molecule has 4 heteroatoms. The van der Waals surface area contributed by atoms with Crippen LogP contribution in [0.1, 0.15) is 21.5 Å². The summed E-state index contributed by atoms with van der Waals surface area (Å²) in [5.41, 5.74) is 2.82. The largest absolute Gasteiger partial charge is 0.496 e. The number of para-hydroxylation sites is 1. The predicted octanol–water partition coefficient (Wildman–Crippen LogP) is 3.74. The Bertz CT molecular complexity index is 640. The van der Waals surface area contributed by atoms with Crippen LogP contribution < -0.4 is 10.1 Å². The monoisotopic (exact) mass is 347 g/mol. The third kappa shape index (κ3) is 4.08. The predicted molar refractivity (Wildman–Crippen MR) is 87.9 cm³/mol. The number of hydrogen-bond donors (Lipinski definition) is 1. The van der Waals surface area contributed by atoms with Gasteiger partial charge in [0, 0.05) is 16.6 Å². The third-order valence-electron chi connectivity index (χ3n) is 3.29. The second kappa shape index (κ2) is 7.27. The molecule has 0 bridgehead atoms. The van der Waals surface area contributed by atoms with Gasteiger partial charge in [0.25, 0.3) is 5.91 Å². The Hall–Kier alpha value is -1.81. The highest BCUT2D eigenvalue weighted by molar-refractivity contribution is 9.10. The standard InChI is InChI=1S/C17H18BrNO2/c1-12-11-14(7-8-15(12)18)17(20)19-10-9-13-5-3-4-6-16(13)21-2/h3-8,11H,9-10H2,1-2H3,(H,19,20). The highest BCUT2D eigenvalue weighted by atomic mass is 79.9. The first kappa shape index (κ1) is 15.6. The zero-order chi connectivity index (χ0) is 15.2. The molecule has 0 heterocycles. The minimum Gasteiger partial charge on any atom is -0.496 e. The smallest absolute Gasteiger partial charge is 0.251 e. The maximum absolute atomic E-state index is 12.1. The fourth-order valence-corrected chi connectivity index (χ4v) is 2.35. The minimum absolute atomic E-state index is 0.0551. The first-order valence-corrected chi connectivity index (χ1v) is 7.57. The summed E-state index contributed by atoms with van der Waals surface area (Å²) >= 11 is 3.43. The lowest BCUT2D eigenvalue weighted by Gasteiger charge is -2.09. The average molecular weight is 348 g/mol. The topological polar surface area (TPSA) is 38.3 Å². The molecule has 0 aliphatic carbocycles. The van der Waals surface area contributed by atoms with Crippen molar-refractivity contribution in [1.82, 2.24) is 5.32 Å². The molecule has 1 amide bonds. The van der Waals surface area contributed by atoms with Crippen molar-refractivity contribution in [3.05, 3.63) is 63.6 Å². The van der Waals surface area contributed by atoms with Crippen LogP contribution in [0.25, 0.3) is 0 Å². The quantitative estimate of drug-likeness (QED) is 0.894. The number of carbonyl (C=O) groups excluding carboxylic acids is 1. The van der Waals surface area contributed by atoms with Gasteiger partial charge in [-0.1, -0.05) is 34.1 Å². The number of methoxy groups -OCH3 is 1. The molecule has 0 saturated carbocycles. The maximum Gasteiger partial charge on any atom is 0.251 e. The summed E-state index contributed by atoms with van der Waals surface area (Å²) < 4.78 is 6.31. The van der Waals surface area contributed by atoms with E-state index in [9.17, 15) is 4.79 Å². The number of hydrogen-bond acceptors (Lipinski definition) is 2. The first-order chi connectivity index (χ1) is 10.1. The van der Waals surface area contributed by atoms with Crippen LogP contribution in [0.4, 0.5) is 0 Å². The number of rotatable bonds is 5. The van der Waals surface area contributed by atoms with E-state index in [4.69, 9.17) is 4.74 Å². The van der Waals surface area contributed by atoms with Crippen LogP contribution in [0.5, 0.6) is 5.75 Å². The fourth-order valence-electron chi connectivity index (χ4n) is 2.11. The lowest BCUT2D eigenvalue weighted by Crippen LogP contribution is -2.25. The van der Waals surface area contributed by atoms with Crippen LogP contribution in [0, 0.1) is 6.92 Å². The van der Waals surface area contributed by atoms with Gasteiger partial charge in [0.2, 0.25) is 0 Å². The summed E-state index contributed by atoms with van der Waals surface area (Å²) in [4.78, 5) is 12.1. The third-order valence-corrected chi connectivity index (χ3v) is 4.18. The van der Waals surface area contributed by atoms with Crippen molar-refractivity contribution in [1.29, 1.82) is 0 Å². The highest BCUT2D eigenvalue weighted by Gasteiger charge is 2.07. The van der Waals surface area contributed by atoms with Crippen LogP contribution in [0.15, 0.2) is 46.9 Å². The summed E-state index contributed by atoms with van der Waals surface area (Å²) in [6, 6.07) is 13.4. The van der Waals surface area contributed by atoms with Crippen LogP contribution >= 0.6 is 15.9 Å². The lowest BCUT2D eigenvalue weighted by molar-refractivity contribution is 0.0954. The van der Waals surface area contributed by atoms with Gasteiger partial charge in [-0.05, 0) is 48.7 Å². The Morgan fingerprint density at radius 1 is 1.24 bits per heavy atom. The van der Waals surface area contributed by atoms with E-state index in [0.717, 1.165) is 27.8 Å². The first-order valence-electron chi connectivity index (χ1n) is 6.78. The number of halogens is 1. The van der Waals surface area contributed by atoms with E-state index in [1.54, 1.807) is 7.11 Å². The Kier molecular flexibility index (Phi) is 5.39. The molecule has 0 aliphatic rings. The van der Waals surface area contributed by atoms with Gasteiger partial charge < -0.3 is 10.1 Å². The molecule has 0 aromatic heterocycles. The van der Waals surface area contributed by atoms with Gasteiger partial charge in [-0.25, -0.2) is 0 Å². The molecule has 110 valence electrons. The molecular formula is C17H18BrNO2. The number of amides is 1. The van der Waals surface area contributed by atoms with Crippen molar-refractivity contribution in [2.24, 2.45) is 0 Å². The summed E-state index contributed by atoms with van der Waals surface area (Å²) in [5, 5.41) is 2.94. The van der Waals surface area contributed by atoms with Crippen molar-refractivity contribution < 1.29 is 9.53 Å². The summed E-state index contributed by atoms with van der Waals surface area (Å²) in [7, 11) is 1.65. The molecular weight excluding hydrogens is 330 g/mol. The number of aryl methyl sites for hydroxylation is 1. The number of carbonyl (C=O) groups is 1. The van der Waals surface area contributed by atoms with E-state index in [1.165, 1.54) is 0 Å². The highest BCUT2D eigenvalue weighted by Crippen LogP contribution is 2.18. The molecule has 1 N–H and O–H groups in total. The van der Waals surface area contributed by atoms with E-state index in [0.29, 0.717) is 12.1 Å². The molecule has 3 nitrogen and oxygen atoms in total. The Balaban J connectivity index is 1.93. The second-order valence-electron chi connectivity index (χ2n) is 4.78. The molecule has 0 aliphatic heterocycles. The maximum atomic E-state index is 12.1. The van der Waals surface area contributed by atoms with Gasteiger partial charge >= 0.3 is 0 Å². The van der Waals surface area contributed by atoms with Gasteiger partial charge in [-0.3, -0.25) is 4.79 Å². The second-order valence-corrected chi connectivity index (χ2v) is 5.64. The van der Waals surface area contributed by atoms with Crippen LogP contribution in [0.3, 0.4) is 0 Å². The van der Waals surface area contributed by atoms with Crippen LogP contribution in [0.2, 0.25) is 0 Å². The molecule has 0 atom stereocenters. The fraction of sp³-hybridized carbons (Fsp3) is 0.235. The Morgan fingerprint density at radius 3 is 2.71 bits per heavy atom. The van der Waals surface area contributed by atoms with E-state index < -0.39 is 0 Å². The molecule has 0 saturated heterocycles. The van der Waals surface area contributed by atoms with Crippen molar-refractivity contribution in [2.45, 2.75) is 13.3 Å². The molecule has 0 radical (unpaired) electrons. The molecule has 0 unspecified atom stereocenters. The molecule has 0 spiro atoms. The molecule has 21 heavy (non-hydrogen) atoms. The Labute approximate surface area is 133 Å². The normalized spacial score (nSPS) is 10.2. The number of ether oxygens (including phenoxy) is 1. The van der Waals surface area contributed by atoms with Crippen LogP contribution in [-0.4, -0.2) is 19.6 Å². The molecule has 2 aromatic carbocycles. The van der Waals surface area contributed by atoms with E-state index in [1.807, 2.05) is 49.4 Å². The average Bonchev–Trinajstić information content (AvgIpc) is 2.50. The Morgan fingerprint density at radius 2 is 2.00 bits per heavy atom. The van der Waals surface area contributed by atoms with Gasteiger partial charge in [0.15, 0.2) is 0 Å². The van der Waals surface area contributed by atoms with Crippen molar-refractivity contribution in [3.8, 4) is 5.75 Å². The summed E-state index contributed by atoms with van der Waals surface area (Å²) in [5.74, 6) is 0.798. The summed E-state index contributed by atoms with van der Waals surface area (Å²) in [6.07, 6.45) is 0.741. The minimum atomic E-state index is -0.0551. The molecule has 0 fully saturated rings. The van der Waals surface area contributed by atoms with E-state index >= 15 is 0 Å². The zero-order valence-electron chi connectivity index (χ0n) is 12.2. The van der Waals surface area contributed by atoms with Gasteiger partial charge in [0.1, 0.15) is 5.75 Å². The van der Waals surface area contributed by atoms with E-state index in [-0.39, 0.29) is 5.91 Å². The molecule has 2 aromatic rings. The van der Waals surface area contributed by atoms with Gasteiger partial charge in [0.05, 0.1) is 7.11 Å². The van der Waals surface area contributed by atoms with Gasteiger partial charge in [-0.2, -0.15) is 0 Å². The summed E-state index contributed by atoms with van der Waals surface area (Å²) in [6.45, 7) is 2.55. The van der Waals surface area contributed by atoms with Crippen molar-refractivity contribution in [2.75, 3.05) is 13.7 Å².